The molecule has 0 saturated heterocycles. The minimum absolute atomic E-state index is 0.178. The number of rotatable bonds is 2. The predicted octanol–water partition coefficient (Wildman–Crippen LogP) is 1.64. The molecule has 5 heteroatoms. The molecule has 2 rings (SSSR count). The van der Waals surface area contributed by atoms with Gasteiger partial charge in [-0.3, -0.25) is 9.59 Å². The molecule has 92 valence electrons. The smallest absolute Gasteiger partial charge is 0.275 e. The number of aryl methyl sites for hydroxylation is 2. The third-order valence-corrected chi connectivity index (χ3v) is 2.62. The number of nitrogens with zero attached hydrogens (tertiary/aromatic N) is 1. The summed E-state index contributed by atoms with van der Waals surface area (Å²) in [4.78, 5) is 29.0. The van der Waals surface area contributed by atoms with Crippen molar-refractivity contribution in [3.63, 3.8) is 0 Å². The van der Waals surface area contributed by atoms with Gasteiger partial charge in [-0.2, -0.15) is 0 Å². The van der Waals surface area contributed by atoms with E-state index in [-0.39, 0.29) is 17.2 Å². The third-order valence-electron chi connectivity index (χ3n) is 2.62. The SMILES string of the molecule is Cc1cccc(C)c1NC(=O)c1c[nH]c(=O)cn1. The van der Waals surface area contributed by atoms with Gasteiger partial charge in [-0.25, -0.2) is 4.98 Å². The lowest BCUT2D eigenvalue weighted by atomic mass is 10.1. The summed E-state index contributed by atoms with van der Waals surface area (Å²) < 4.78 is 0. The Morgan fingerprint density at radius 1 is 1.28 bits per heavy atom. The van der Waals surface area contributed by atoms with Crippen LogP contribution < -0.4 is 10.9 Å². The summed E-state index contributed by atoms with van der Waals surface area (Å²) in [6.45, 7) is 3.84. The van der Waals surface area contributed by atoms with E-state index in [0.717, 1.165) is 23.0 Å². The van der Waals surface area contributed by atoms with Gasteiger partial charge in [0, 0.05) is 11.9 Å². The molecule has 0 spiro atoms. The zero-order chi connectivity index (χ0) is 13.1. The Balaban J connectivity index is 2.27. The van der Waals surface area contributed by atoms with E-state index in [9.17, 15) is 9.59 Å². The monoisotopic (exact) mass is 243 g/mol. The number of hydrogen-bond donors (Lipinski definition) is 2. The van der Waals surface area contributed by atoms with Crippen molar-refractivity contribution in [3.05, 3.63) is 57.8 Å². The van der Waals surface area contributed by atoms with Gasteiger partial charge in [0.1, 0.15) is 5.69 Å². The van der Waals surface area contributed by atoms with Crippen LogP contribution in [0.4, 0.5) is 5.69 Å². The summed E-state index contributed by atoms with van der Waals surface area (Å²) in [6.07, 6.45) is 2.38. The minimum Gasteiger partial charge on any atom is -0.325 e. The van der Waals surface area contributed by atoms with Crippen molar-refractivity contribution in [1.82, 2.24) is 9.97 Å². The molecule has 2 N–H and O–H groups in total. The largest absolute Gasteiger partial charge is 0.325 e. The lowest BCUT2D eigenvalue weighted by Crippen LogP contribution is -2.18. The molecule has 1 heterocycles. The summed E-state index contributed by atoms with van der Waals surface area (Å²) in [6, 6.07) is 5.77. The molecule has 0 aliphatic carbocycles. The zero-order valence-corrected chi connectivity index (χ0v) is 10.2. The van der Waals surface area contributed by atoms with Gasteiger partial charge < -0.3 is 10.3 Å². The van der Waals surface area contributed by atoms with E-state index in [2.05, 4.69) is 15.3 Å². The number of benzene rings is 1. The minimum atomic E-state index is -0.344. The van der Waals surface area contributed by atoms with Gasteiger partial charge in [0.15, 0.2) is 0 Å². The van der Waals surface area contributed by atoms with Crippen LogP contribution >= 0.6 is 0 Å². The molecule has 1 aromatic heterocycles. The summed E-state index contributed by atoms with van der Waals surface area (Å²) >= 11 is 0. The highest BCUT2D eigenvalue weighted by Crippen LogP contribution is 2.19. The van der Waals surface area contributed by atoms with Gasteiger partial charge in [0.05, 0.1) is 6.20 Å². The van der Waals surface area contributed by atoms with Gasteiger partial charge in [0.25, 0.3) is 11.5 Å². The molecule has 18 heavy (non-hydrogen) atoms. The first kappa shape index (κ1) is 12.0. The van der Waals surface area contributed by atoms with E-state index in [1.807, 2.05) is 32.0 Å². The maximum Gasteiger partial charge on any atom is 0.275 e. The van der Waals surface area contributed by atoms with Crippen molar-refractivity contribution < 1.29 is 4.79 Å². The maximum atomic E-state index is 11.9. The quantitative estimate of drug-likeness (QED) is 0.842. The number of anilines is 1. The Labute approximate surface area is 104 Å². The molecule has 0 saturated carbocycles. The average Bonchev–Trinajstić information content (AvgIpc) is 2.34. The number of amides is 1. The number of para-hydroxylation sites is 1. The number of H-pyrrole nitrogens is 1. The van der Waals surface area contributed by atoms with Gasteiger partial charge in [0.2, 0.25) is 0 Å². The second-order valence-corrected chi connectivity index (χ2v) is 4.02. The predicted molar refractivity (Wildman–Crippen MR) is 68.7 cm³/mol. The van der Waals surface area contributed by atoms with Crippen LogP contribution in [0.3, 0.4) is 0 Å². The van der Waals surface area contributed by atoms with Crippen molar-refractivity contribution in [2.24, 2.45) is 0 Å². The van der Waals surface area contributed by atoms with Crippen molar-refractivity contribution in [3.8, 4) is 0 Å². The number of hydrogen-bond acceptors (Lipinski definition) is 3. The van der Waals surface area contributed by atoms with Crippen molar-refractivity contribution in [2.75, 3.05) is 5.32 Å². The molecule has 0 atom stereocenters. The fraction of sp³-hybridized carbons (Fsp3) is 0.154. The normalized spacial score (nSPS) is 10.1. The van der Waals surface area contributed by atoms with Gasteiger partial charge in [-0.05, 0) is 25.0 Å². The first-order chi connectivity index (χ1) is 8.58. The maximum absolute atomic E-state index is 11.9. The standard InChI is InChI=1S/C13H13N3O2/c1-8-4-3-5-9(2)12(8)16-13(18)10-6-15-11(17)7-14-10/h3-7H,1-2H3,(H,15,17)(H,16,18). The highest BCUT2D eigenvalue weighted by molar-refractivity contribution is 6.03. The molecule has 0 fully saturated rings. The van der Waals surface area contributed by atoms with E-state index >= 15 is 0 Å². The molecule has 0 radical (unpaired) electrons. The van der Waals surface area contributed by atoms with Gasteiger partial charge in [-0.15, -0.1) is 0 Å². The van der Waals surface area contributed by atoms with E-state index < -0.39 is 0 Å². The van der Waals surface area contributed by atoms with Crippen LogP contribution in [0, 0.1) is 13.8 Å². The molecular weight excluding hydrogens is 230 g/mol. The van der Waals surface area contributed by atoms with E-state index in [0.29, 0.717) is 0 Å². The number of carbonyl (C=O) groups excluding carboxylic acids is 1. The molecular formula is C13H13N3O2. The van der Waals surface area contributed by atoms with Crippen LogP contribution in [0.2, 0.25) is 0 Å². The summed E-state index contributed by atoms with van der Waals surface area (Å²) in [7, 11) is 0. The molecule has 0 unspecified atom stereocenters. The third kappa shape index (κ3) is 2.45. The van der Waals surface area contributed by atoms with E-state index in [1.54, 1.807) is 0 Å². The topological polar surface area (TPSA) is 74.8 Å². The molecule has 1 amide bonds. The molecule has 0 bridgehead atoms. The highest BCUT2D eigenvalue weighted by atomic mass is 16.2. The van der Waals surface area contributed by atoms with Crippen LogP contribution in [-0.2, 0) is 0 Å². The molecule has 2 aromatic rings. The van der Waals surface area contributed by atoms with Crippen LogP contribution in [0.1, 0.15) is 21.6 Å². The number of aromatic nitrogens is 2. The second-order valence-electron chi connectivity index (χ2n) is 4.02. The van der Waals surface area contributed by atoms with Gasteiger partial charge in [-0.1, -0.05) is 18.2 Å². The van der Waals surface area contributed by atoms with Crippen molar-refractivity contribution in [2.45, 2.75) is 13.8 Å². The molecule has 5 nitrogen and oxygen atoms in total. The molecule has 1 aromatic carbocycles. The first-order valence-electron chi connectivity index (χ1n) is 5.50. The van der Waals surface area contributed by atoms with Crippen LogP contribution in [-0.4, -0.2) is 15.9 Å². The Kier molecular flexibility index (Phi) is 3.23. The summed E-state index contributed by atoms with van der Waals surface area (Å²) in [5, 5.41) is 2.79. The lowest BCUT2D eigenvalue weighted by Gasteiger charge is -2.10. The summed E-state index contributed by atoms with van der Waals surface area (Å²) in [5.41, 5.74) is 2.58. The lowest BCUT2D eigenvalue weighted by molar-refractivity contribution is 0.102. The van der Waals surface area contributed by atoms with Gasteiger partial charge >= 0.3 is 0 Å². The Morgan fingerprint density at radius 3 is 2.50 bits per heavy atom. The Morgan fingerprint density at radius 2 is 1.94 bits per heavy atom. The van der Waals surface area contributed by atoms with Crippen LogP contribution in [0.25, 0.3) is 0 Å². The average molecular weight is 243 g/mol. The molecule has 0 aliphatic heterocycles. The van der Waals surface area contributed by atoms with Crippen LogP contribution in [0.15, 0.2) is 35.4 Å². The Hall–Kier alpha value is -2.43. The fourth-order valence-corrected chi connectivity index (χ4v) is 1.66. The number of aromatic amines is 1. The Bertz CT molecular complexity index is 606. The van der Waals surface area contributed by atoms with E-state index in [4.69, 9.17) is 0 Å². The summed E-state index contributed by atoms with van der Waals surface area (Å²) in [5.74, 6) is -0.344. The van der Waals surface area contributed by atoms with Crippen molar-refractivity contribution >= 4 is 11.6 Å². The molecule has 0 aliphatic rings. The highest BCUT2D eigenvalue weighted by Gasteiger charge is 2.10. The second kappa shape index (κ2) is 4.83. The number of nitrogens with one attached hydrogen (secondary N) is 2. The number of carbonyl (C=O) groups is 1. The first-order valence-corrected chi connectivity index (χ1v) is 5.50. The fourth-order valence-electron chi connectivity index (χ4n) is 1.66. The van der Waals surface area contributed by atoms with Crippen molar-refractivity contribution in [1.29, 1.82) is 0 Å². The zero-order valence-electron chi connectivity index (χ0n) is 10.2. The van der Waals surface area contributed by atoms with E-state index in [1.165, 1.54) is 6.20 Å². The van der Waals surface area contributed by atoms with Crippen LogP contribution in [0.5, 0.6) is 0 Å².